The number of hydrogen-bond acceptors (Lipinski definition) is 2. The SMILES string of the molecule is COCCC(C)=C(F)C(=O)O. The zero-order valence-electron chi connectivity index (χ0n) is 6.56. The third-order valence-electron chi connectivity index (χ3n) is 1.24. The van der Waals surface area contributed by atoms with Crippen LogP contribution in [0.15, 0.2) is 11.4 Å². The van der Waals surface area contributed by atoms with Gasteiger partial charge in [0.15, 0.2) is 0 Å². The zero-order valence-corrected chi connectivity index (χ0v) is 6.56. The molecule has 0 bridgehead atoms. The van der Waals surface area contributed by atoms with Crippen LogP contribution in [0.4, 0.5) is 4.39 Å². The summed E-state index contributed by atoms with van der Waals surface area (Å²) in [5.41, 5.74) is 0.208. The average Bonchev–Trinajstić information content (AvgIpc) is 1.98. The van der Waals surface area contributed by atoms with Crippen molar-refractivity contribution in [3.05, 3.63) is 11.4 Å². The van der Waals surface area contributed by atoms with E-state index in [4.69, 9.17) is 5.11 Å². The second-order valence-corrected chi connectivity index (χ2v) is 2.14. The molecule has 0 aromatic heterocycles. The predicted octanol–water partition coefficient (Wildman–Crippen LogP) is 1.35. The first kappa shape index (κ1) is 10.1. The van der Waals surface area contributed by atoms with Gasteiger partial charge in [-0.2, -0.15) is 4.39 Å². The molecule has 64 valence electrons. The third-order valence-corrected chi connectivity index (χ3v) is 1.24. The van der Waals surface area contributed by atoms with Gasteiger partial charge in [-0.3, -0.25) is 0 Å². The van der Waals surface area contributed by atoms with Gasteiger partial charge in [-0.25, -0.2) is 4.79 Å². The molecule has 0 unspecified atom stereocenters. The van der Waals surface area contributed by atoms with Gasteiger partial charge in [-0.15, -0.1) is 0 Å². The van der Waals surface area contributed by atoms with Crippen molar-refractivity contribution in [2.24, 2.45) is 0 Å². The molecule has 0 aliphatic heterocycles. The highest BCUT2D eigenvalue weighted by Crippen LogP contribution is 2.09. The van der Waals surface area contributed by atoms with Crippen molar-refractivity contribution in [2.75, 3.05) is 13.7 Å². The standard InChI is InChI=1S/C7H11FO3/c1-5(3-4-11-2)6(8)7(9)10/h3-4H2,1-2H3,(H,9,10). The Morgan fingerprint density at radius 3 is 2.55 bits per heavy atom. The first-order valence-electron chi connectivity index (χ1n) is 3.17. The van der Waals surface area contributed by atoms with E-state index in [9.17, 15) is 9.18 Å². The van der Waals surface area contributed by atoms with Crippen molar-refractivity contribution in [1.29, 1.82) is 0 Å². The summed E-state index contributed by atoms with van der Waals surface area (Å²) in [4.78, 5) is 10.0. The fourth-order valence-electron chi connectivity index (χ4n) is 0.547. The Morgan fingerprint density at radius 2 is 2.18 bits per heavy atom. The molecule has 0 amide bonds. The lowest BCUT2D eigenvalue weighted by atomic mass is 10.2. The van der Waals surface area contributed by atoms with E-state index in [1.807, 2.05) is 0 Å². The molecule has 0 saturated carbocycles. The van der Waals surface area contributed by atoms with Gasteiger partial charge in [-0.05, 0) is 18.9 Å². The van der Waals surface area contributed by atoms with Gasteiger partial charge < -0.3 is 9.84 Å². The number of hydrogen-bond donors (Lipinski definition) is 1. The smallest absolute Gasteiger partial charge is 0.364 e. The fourth-order valence-corrected chi connectivity index (χ4v) is 0.547. The van der Waals surface area contributed by atoms with Crippen LogP contribution in [0.3, 0.4) is 0 Å². The molecule has 0 aliphatic rings. The maximum absolute atomic E-state index is 12.5. The number of carbonyl (C=O) groups is 1. The molecule has 0 radical (unpaired) electrons. The van der Waals surface area contributed by atoms with E-state index in [-0.39, 0.29) is 5.57 Å². The lowest BCUT2D eigenvalue weighted by Gasteiger charge is -1.99. The number of rotatable bonds is 4. The monoisotopic (exact) mass is 162 g/mol. The van der Waals surface area contributed by atoms with Crippen LogP contribution in [-0.2, 0) is 9.53 Å². The Bertz CT molecular complexity index is 175. The van der Waals surface area contributed by atoms with Crippen LogP contribution in [0.2, 0.25) is 0 Å². The van der Waals surface area contributed by atoms with Crippen molar-refractivity contribution in [3.63, 3.8) is 0 Å². The molecule has 0 saturated heterocycles. The highest BCUT2D eigenvalue weighted by molar-refractivity contribution is 5.84. The Kier molecular flexibility index (Phi) is 4.45. The van der Waals surface area contributed by atoms with E-state index >= 15 is 0 Å². The summed E-state index contributed by atoms with van der Waals surface area (Å²) in [6.45, 7) is 1.77. The summed E-state index contributed by atoms with van der Waals surface area (Å²) in [7, 11) is 1.48. The molecule has 1 N–H and O–H groups in total. The second kappa shape index (κ2) is 4.85. The lowest BCUT2D eigenvalue weighted by Crippen LogP contribution is -2.00. The van der Waals surface area contributed by atoms with E-state index < -0.39 is 11.8 Å². The van der Waals surface area contributed by atoms with Gasteiger partial charge in [0.05, 0.1) is 6.61 Å². The molecule has 0 fully saturated rings. The number of halogens is 1. The normalized spacial score (nSPS) is 12.6. The zero-order chi connectivity index (χ0) is 8.85. The first-order valence-corrected chi connectivity index (χ1v) is 3.17. The quantitative estimate of drug-likeness (QED) is 0.634. The Morgan fingerprint density at radius 1 is 1.64 bits per heavy atom. The summed E-state index contributed by atoms with van der Waals surface area (Å²) in [6.07, 6.45) is 0.314. The number of ether oxygens (including phenoxy) is 1. The summed E-state index contributed by atoms with van der Waals surface area (Å²) >= 11 is 0. The van der Waals surface area contributed by atoms with Gasteiger partial charge in [0.25, 0.3) is 0 Å². The van der Waals surface area contributed by atoms with E-state index in [1.54, 1.807) is 0 Å². The summed E-state index contributed by atoms with van der Waals surface area (Å²) in [6, 6.07) is 0. The van der Waals surface area contributed by atoms with Crippen LogP contribution in [0.5, 0.6) is 0 Å². The molecule has 11 heavy (non-hydrogen) atoms. The predicted molar refractivity (Wildman–Crippen MR) is 37.9 cm³/mol. The number of aliphatic carboxylic acids is 1. The number of carboxylic acids is 1. The summed E-state index contributed by atoms with van der Waals surface area (Å²) in [5, 5.41) is 8.18. The van der Waals surface area contributed by atoms with Crippen LogP contribution < -0.4 is 0 Å². The Balaban J connectivity index is 4.05. The molecule has 4 heteroatoms. The highest BCUT2D eigenvalue weighted by Gasteiger charge is 2.09. The first-order chi connectivity index (χ1) is 5.09. The van der Waals surface area contributed by atoms with Gasteiger partial charge in [0, 0.05) is 7.11 Å². The van der Waals surface area contributed by atoms with E-state index in [2.05, 4.69) is 4.74 Å². The van der Waals surface area contributed by atoms with Crippen molar-refractivity contribution in [2.45, 2.75) is 13.3 Å². The Hall–Kier alpha value is -0.900. The van der Waals surface area contributed by atoms with Crippen molar-refractivity contribution in [1.82, 2.24) is 0 Å². The summed E-state index contributed by atoms with van der Waals surface area (Å²) in [5.74, 6) is -2.60. The molecule has 3 nitrogen and oxygen atoms in total. The van der Waals surface area contributed by atoms with Crippen molar-refractivity contribution in [3.8, 4) is 0 Å². The molecular weight excluding hydrogens is 151 g/mol. The van der Waals surface area contributed by atoms with Gasteiger partial charge in [0.1, 0.15) is 0 Å². The largest absolute Gasteiger partial charge is 0.476 e. The second-order valence-electron chi connectivity index (χ2n) is 2.14. The van der Waals surface area contributed by atoms with Crippen LogP contribution in [0.1, 0.15) is 13.3 Å². The van der Waals surface area contributed by atoms with Gasteiger partial charge >= 0.3 is 5.97 Å². The molecular formula is C7H11FO3. The van der Waals surface area contributed by atoms with E-state index in [1.165, 1.54) is 14.0 Å². The molecule has 0 aromatic rings. The van der Waals surface area contributed by atoms with E-state index in [0.717, 1.165) is 0 Å². The van der Waals surface area contributed by atoms with Gasteiger partial charge in [0.2, 0.25) is 5.83 Å². The Labute approximate surface area is 64.5 Å². The topological polar surface area (TPSA) is 46.5 Å². The minimum Gasteiger partial charge on any atom is -0.476 e. The van der Waals surface area contributed by atoms with E-state index in [0.29, 0.717) is 13.0 Å². The third kappa shape index (κ3) is 3.72. The molecule has 0 aliphatic carbocycles. The van der Waals surface area contributed by atoms with Gasteiger partial charge in [-0.1, -0.05) is 0 Å². The molecule has 0 spiro atoms. The fraction of sp³-hybridized carbons (Fsp3) is 0.571. The van der Waals surface area contributed by atoms with Crippen molar-refractivity contribution >= 4 is 5.97 Å². The highest BCUT2D eigenvalue weighted by atomic mass is 19.1. The lowest BCUT2D eigenvalue weighted by molar-refractivity contribution is -0.134. The van der Waals surface area contributed by atoms with Crippen LogP contribution in [0, 0.1) is 0 Å². The molecule has 0 aromatic carbocycles. The molecule has 0 atom stereocenters. The number of carboxylic acid groups (broad SMARTS) is 1. The maximum Gasteiger partial charge on any atom is 0.364 e. The van der Waals surface area contributed by atoms with Crippen LogP contribution in [-0.4, -0.2) is 24.8 Å². The van der Waals surface area contributed by atoms with Crippen LogP contribution in [0.25, 0.3) is 0 Å². The molecule has 0 heterocycles. The average molecular weight is 162 g/mol. The summed E-state index contributed by atoms with van der Waals surface area (Å²) < 4.78 is 17.1. The minimum atomic E-state index is -1.52. The number of methoxy groups -OCH3 is 1. The van der Waals surface area contributed by atoms with Crippen LogP contribution >= 0.6 is 0 Å². The maximum atomic E-state index is 12.5. The van der Waals surface area contributed by atoms with Crippen molar-refractivity contribution < 1.29 is 19.0 Å². The minimum absolute atomic E-state index is 0.208. The molecule has 0 rings (SSSR count).